The molecule has 0 saturated carbocycles. The fourth-order valence-corrected chi connectivity index (χ4v) is 3.30. The maximum Gasteiger partial charge on any atom is 0.310 e. The van der Waals surface area contributed by atoms with Gasteiger partial charge in [-0.2, -0.15) is 0 Å². The molecule has 1 unspecified atom stereocenters. The van der Waals surface area contributed by atoms with Crippen LogP contribution in [0, 0.1) is 11.7 Å². The number of nitrogens with zero attached hydrogens (tertiary/aromatic N) is 1. The van der Waals surface area contributed by atoms with Crippen molar-refractivity contribution in [2.24, 2.45) is 5.92 Å². The van der Waals surface area contributed by atoms with Gasteiger partial charge in [-0.15, -0.1) is 0 Å². The highest BCUT2D eigenvalue weighted by Crippen LogP contribution is 2.17. The minimum atomic E-state index is -0.523. The van der Waals surface area contributed by atoms with Crippen molar-refractivity contribution < 1.29 is 23.5 Å². The van der Waals surface area contributed by atoms with E-state index in [2.05, 4.69) is 21.2 Å². The molecule has 0 aromatic heterocycles. The van der Waals surface area contributed by atoms with Crippen LogP contribution in [-0.2, 0) is 20.9 Å². The summed E-state index contributed by atoms with van der Waals surface area (Å²) in [5.41, 5.74) is 1.08. The van der Waals surface area contributed by atoms with Crippen LogP contribution < -0.4 is 5.32 Å². The fourth-order valence-electron chi connectivity index (χ4n) is 2.87. The number of hydrogen-bond donors (Lipinski definition) is 1. The quantitative estimate of drug-likeness (QED) is 0.559. The van der Waals surface area contributed by atoms with E-state index in [1.54, 1.807) is 11.8 Å². The molecule has 0 heterocycles. The van der Waals surface area contributed by atoms with Crippen LogP contribution in [0.3, 0.4) is 0 Å². The third kappa shape index (κ3) is 6.95. The highest BCUT2D eigenvalue weighted by atomic mass is 79.9. The van der Waals surface area contributed by atoms with E-state index in [4.69, 9.17) is 4.74 Å². The molecule has 2 rings (SSSR count). The van der Waals surface area contributed by atoms with Crippen molar-refractivity contribution in [3.05, 3.63) is 69.9 Å². The summed E-state index contributed by atoms with van der Waals surface area (Å²) < 4.78 is 18.6. The maximum absolute atomic E-state index is 13.4. The van der Waals surface area contributed by atoms with Crippen LogP contribution in [-0.4, -0.2) is 42.9 Å². The highest BCUT2D eigenvalue weighted by molar-refractivity contribution is 9.10. The van der Waals surface area contributed by atoms with Gasteiger partial charge >= 0.3 is 5.97 Å². The van der Waals surface area contributed by atoms with Gasteiger partial charge < -0.3 is 15.0 Å². The van der Waals surface area contributed by atoms with E-state index < -0.39 is 23.6 Å². The van der Waals surface area contributed by atoms with Gasteiger partial charge in [0.1, 0.15) is 5.82 Å². The van der Waals surface area contributed by atoms with Crippen molar-refractivity contribution in [2.75, 3.05) is 20.2 Å². The number of methoxy groups -OCH3 is 1. The predicted octanol–water partition coefficient (Wildman–Crippen LogP) is 3.55. The molecule has 160 valence electrons. The Morgan fingerprint density at radius 3 is 2.53 bits per heavy atom. The Morgan fingerprint density at radius 1 is 1.17 bits per heavy atom. The molecule has 2 aromatic rings. The van der Waals surface area contributed by atoms with Crippen LogP contribution >= 0.6 is 15.9 Å². The van der Waals surface area contributed by atoms with Crippen molar-refractivity contribution in [2.45, 2.75) is 19.9 Å². The van der Waals surface area contributed by atoms with Crippen molar-refractivity contribution in [1.29, 1.82) is 0 Å². The first kappa shape index (κ1) is 23.5. The molecule has 0 fully saturated rings. The zero-order chi connectivity index (χ0) is 22.1. The first-order valence-corrected chi connectivity index (χ1v) is 10.2. The molecule has 0 bridgehead atoms. The Bertz CT molecular complexity index is 892. The molecule has 8 heteroatoms. The maximum atomic E-state index is 13.4. The summed E-state index contributed by atoms with van der Waals surface area (Å²) in [5, 5.41) is 2.63. The fraction of sp³-hybridized carbons (Fsp3) is 0.318. The van der Waals surface area contributed by atoms with E-state index in [1.807, 2.05) is 30.3 Å². The second-order valence-electron chi connectivity index (χ2n) is 6.81. The average Bonchev–Trinajstić information content (AvgIpc) is 2.74. The smallest absolute Gasteiger partial charge is 0.310 e. The molecule has 0 aliphatic carbocycles. The molecule has 6 nitrogen and oxygen atoms in total. The van der Waals surface area contributed by atoms with Gasteiger partial charge in [-0.05, 0) is 39.7 Å². The van der Waals surface area contributed by atoms with Gasteiger partial charge in [0.15, 0.2) is 0 Å². The zero-order valence-electron chi connectivity index (χ0n) is 16.9. The number of halogens is 2. The third-order valence-corrected chi connectivity index (χ3v) is 5.16. The van der Waals surface area contributed by atoms with Crippen molar-refractivity contribution in [3.63, 3.8) is 0 Å². The van der Waals surface area contributed by atoms with Gasteiger partial charge in [0.05, 0.1) is 18.6 Å². The van der Waals surface area contributed by atoms with Gasteiger partial charge in [0.25, 0.3) is 5.91 Å². The summed E-state index contributed by atoms with van der Waals surface area (Å²) in [4.78, 5) is 38.4. The number of esters is 1. The second-order valence-corrected chi connectivity index (χ2v) is 7.67. The summed E-state index contributed by atoms with van der Waals surface area (Å²) in [6.07, 6.45) is 0.0411. The molecular weight excluding hydrogens is 455 g/mol. The number of rotatable bonds is 9. The summed E-state index contributed by atoms with van der Waals surface area (Å²) in [6, 6.07) is 13.2. The second kappa shape index (κ2) is 11.4. The molecule has 2 amide bonds. The van der Waals surface area contributed by atoms with Crippen LogP contribution in [0.4, 0.5) is 4.39 Å². The lowest BCUT2D eigenvalue weighted by atomic mass is 10.1. The number of carbonyl (C=O) groups is 3. The van der Waals surface area contributed by atoms with Crippen molar-refractivity contribution >= 4 is 33.7 Å². The number of carbonyl (C=O) groups excluding carboxylic acids is 3. The normalized spacial score (nSPS) is 11.5. The molecule has 0 aliphatic heterocycles. The molecule has 0 saturated heterocycles. The molecule has 30 heavy (non-hydrogen) atoms. The van der Waals surface area contributed by atoms with Gasteiger partial charge in [0.2, 0.25) is 5.91 Å². The van der Waals surface area contributed by atoms with Crippen LogP contribution in [0.15, 0.2) is 53.0 Å². The molecular formula is C22H24BrFN2O4. The zero-order valence-corrected chi connectivity index (χ0v) is 18.4. The monoisotopic (exact) mass is 478 g/mol. The number of amides is 2. The molecule has 0 aliphatic rings. The first-order chi connectivity index (χ1) is 14.3. The summed E-state index contributed by atoms with van der Waals surface area (Å²) in [5.74, 6) is -2.10. The van der Waals surface area contributed by atoms with E-state index in [1.165, 1.54) is 19.2 Å². The van der Waals surface area contributed by atoms with Crippen molar-refractivity contribution in [1.82, 2.24) is 10.2 Å². The highest BCUT2D eigenvalue weighted by Gasteiger charge is 2.22. The van der Waals surface area contributed by atoms with E-state index in [0.29, 0.717) is 11.0 Å². The lowest BCUT2D eigenvalue weighted by molar-refractivity contribution is -0.146. The van der Waals surface area contributed by atoms with Crippen molar-refractivity contribution in [3.8, 4) is 0 Å². The molecule has 1 atom stereocenters. The van der Waals surface area contributed by atoms with E-state index >= 15 is 0 Å². The molecule has 0 spiro atoms. The van der Waals surface area contributed by atoms with Gasteiger partial charge in [0, 0.05) is 30.5 Å². The Hall–Kier alpha value is -2.74. The average molecular weight is 479 g/mol. The Balaban J connectivity index is 1.99. The SMILES string of the molecule is COC(=O)C(C)CN(Cc1ccccc1)C(=O)CCNC(=O)c1cc(F)ccc1Br. The Kier molecular flexibility index (Phi) is 8.98. The van der Waals surface area contributed by atoms with E-state index in [0.717, 1.165) is 11.6 Å². The Labute approximate surface area is 183 Å². The molecule has 2 aromatic carbocycles. The first-order valence-electron chi connectivity index (χ1n) is 9.44. The van der Waals surface area contributed by atoms with Crippen LogP contribution in [0.25, 0.3) is 0 Å². The van der Waals surface area contributed by atoms with Crippen LogP contribution in [0.5, 0.6) is 0 Å². The van der Waals surface area contributed by atoms with E-state index in [9.17, 15) is 18.8 Å². The van der Waals surface area contributed by atoms with Gasteiger partial charge in [-0.25, -0.2) is 4.39 Å². The third-order valence-electron chi connectivity index (χ3n) is 4.46. The largest absolute Gasteiger partial charge is 0.469 e. The number of hydrogen-bond acceptors (Lipinski definition) is 4. The lowest BCUT2D eigenvalue weighted by Crippen LogP contribution is -2.38. The summed E-state index contributed by atoms with van der Waals surface area (Å²) in [6.45, 7) is 2.31. The summed E-state index contributed by atoms with van der Waals surface area (Å²) in [7, 11) is 1.31. The standard InChI is InChI=1S/C22H24BrFN2O4/c1-15(22(29)30-2)13-26(14-16-6-4-3-5-7-16)20(27)10-11-25-21(28)18-12-17(24)8-9-19(18)23/h3-9,12,15H,10-11,13-14H2,1-2H3,(H,25,28). The predicted molar refractivity (Wildman–Crippen MR) is 114 cm³/mol. The van der Waals surface area contributed by atoms with Crippen LogP contribution in [0.2, 0.25) is 0 Å². The number of benzene rings is 2. The molecule has 0 radical (unpaired) electrons. The summed E-state index contributed by atoms with van der Waals surface area (Å²) >= 11 is 3.21. The van der Waals surface area contributed by atoms with E-state index in [-0.39, 0.29) is 31.0 Å². The number of ether oxygens (including phenoxy) is 1. The molecule has 1 N–H and O–H groups in total. The minimum absolute atomic E-state index is 0.0411. The number of nitrogens with one attached hydrogen (secondary N) is 1. The topological polar surface area (TPSA) is 75.7 Å². The lowest BCUT2D eigenvalue weighted by Gasteiger charge is -2.25. The Morgan fingerprint density at radius 2 is 1.87 bits per heavy atom. The minimum Gasteiger partial charge on any atom is -0.469 e. The van der Waals surface area contributed by atoms with Crippen LogP contribution in [0.1, 0.15) is 29.3 Å². The van der Waals surface area contributed by atoms with Gasteiger partial charge in [-0.1, -0.05) is 37.3 Å². The van der Waals surface area contributed by atoms with Gasteiger partial charge in [-0.3, -0.25) is 14.4 Å².